The average molecular weight is 539 g/mol. The molecular formula is C23H34IN5O2. The third-order valence-corrected chi connectivity index (χ3v) is 5.30. The lowest BCUT2D eigenvalue weighted by Gasteiger charge is -2.34. The summed E-state index contributed by atoms with van der Waals surface area (Å²) in [6.45, 7) is 7.06. The Bertz CT molecular complexity index is 823. The van der Waals surface area contributed by atoms with Gasteiger partial charge in [-0.15, -0.1) is 24.0 Å². The van der Waals surface area contributed by atoms with E-state index < -0.39 is 6.10 Å². The molecule has 3 rings (SSSR count). The van der Waals surface area contributed by atoms with Gasteiger partial charge in [-0.2, -0.15) is 0 Å². The fraction of sp³-hybridized carbons (Fsp3) is 0.478. The molecule has 1 aliphatic rings. The minimum atomic E-state index is -0.652. The molecule has 1 unspecified atom stereocenters. The van der Waals surface area contributed by atoms with Crippen LogP contribution in [0.25, 0.3) is 0 Å². The molecule has 170 valence electrons. The number of halogens is 1. The van der Waals surface area contributed by atoms with Gasteiger partial charge < -0.3 is 25.4 Å². The number of pyridine rings is 1. The van der Waals surface area contributed by atoms with Crippen molar-refractivity contribution in [3.8, 4) is 5.75 Å². The van der Waals surface area contributed by atoms with Crippen LogP contribution in [0.3, 0.4) is 0 Å². The van der Waals surface area contributed by atoms with Gasteiger partial charge in [0.1, 0.15) is 11.6 Å². The third kappa shape index (κ3) is 7.53. The van der Waals surface area contributed by atoms with Gasteiger partial charge in [-0.25, -0.2) is 4.98 Å². The van der Waals surface area contributed by atoms with Crippen LogP contribution < -0.4 is 20.3 Å². The van der Waals surface area contributed by atoms with E-state index in [0.29, 0.717) is 12.6 Å². The zero-order valence-corrected chi connectivity index (χ0v) is 20.9. The van der Waals surface area contributed by atoms with E-state index in [1.165, 1.54) is 0 Å². The third-order valence-electron chi connectivity index (χ3n) is 5.30. The molecule has 7 nitrogen and oxygen atoms in total. The molecule has 31 heavy (non-hydrogen) atoms. The number of hydrogen-bond donors (Lipinski definition) is 3. The Morgan fingerprint density at radius 2 is 1.94 bits per heavy atom. The summed E-state index contributed by atoms with van der Waals surface area (Å²) in [6.07, 6.45) is 1.38. The second-order valence-electron chi connectivity index (χ2n) is 7.55. The van der Waals surface area contributed by atoms with Gasteiger partial charge in [-0.05, 0) is 56.5 Å². The summed E-state index contributed by atoms with van der Waals surface area (Å²) in [7, 11) is 1.63. The maximum absolute atomic E-state index is 10.5. The fourth-order valence-electron chi connectivity index (χ4n) is 3.58. The summed E-state index contributed by atoms with van der Waals surface area (Å²) < 4.78 is 5.17. The van der Waals surface area contributed by atoms with Crippen LogP contribution in [-0.2, 0) is 0 Å². The highest BCUT2D eigenvalue weighted by molar-refractivity contribution is 14.0. The summed E-state index contributed by atoms with van der Waals surface area (Å²) >= 11 is 0. The first-order valence-electron chi connectivity index (χ1n) is 10.6. The highest BCUT2D eigenvalue weighted by atomic mass is 127. The number of guanidine groups is 1. The summed E-state index contributed by atoms with van der Waals surface area (Å²) in [5.74, 6) is 2.57. The van der Waals surface area contributed by atoms with Crippen LogP contribution in [0.1, 0.15) is 37.1 Å². The van der Waals surface area contributed by atoms with Crippen molar-refractivity contribution in [3.63, 3.8) is 0 Å². The Kier molecular flexibility index (Phi) is 10.3. The molecule has 8 heteroatoms. The second kappa shape index (κ2) is 12.7. The van der Waals surface area contributed by atoms with Crippen LogP contribution in [0.5, 0.6) is 5.75 Å². The number of rotatable bonds is 7. The van der Waals surface area contributed by atoms with Crippen molar-refractivity contribution in [3.05, 3.63) is 53.7 Å². The Labute approximate surface area is 202 Å². The number of nitrogens with one attached hydrogen (secondary N) is 2. The Balaban J connectivity index is 0.00000341. The Morgan fingerprint density at radius 3 is 2.55 bits per heavy atom. The van der Waals surface area contributed by atoms with Gasteiger partial charge >= 0.3 is 0 Å². The molecule has 3 N–H and O–H groups in total. The monoisotopic (exact) mass is 539 g/mol. The maximum Gasteiger partial charge on any atom is 0.191 e. The predicted molar refractivity (Wildman–Crippen MR) is 137 cm³/mol. The number of anilines is 1. The lowest BCUT2D eigenvalue weighted by molar-refractivity contribution is 0.187. The molecule has 0 spiro atoms. The number of piperidine rings is 1. The normalized spacial score (nSPS) is 15.7. The molecular weight excluding hydrogens is 505 g/mol. The SMILES string of the molecule is CCNC(=NCC(O)c1ccc(OC)cc1)NC1CCN(c2cccc(C)n2)CC1.I. The molecule has 0 aliphatic carbocycles. The minimum absolute atomic E-state index is 0. The topological polar surface area (TPSA) is 82.0 Å². The van der Waals surface area contributed by atoms with Gasteiger partial charge in [0, 0.05) is 31.4 Å². The van der Waals surface area contributed by atoms with E-state index in [4.69, 9.17) is 4.74 Å². The fourth-order valence-corrected chi connectivity index (χ4v) is 3.58. The number of methoxy groups -OCH3 is 1. The van der Waals surface area contributed by atoms with Gasteiger partial charge in [-0.1, -0.05) is 18.2 Å². The summed E-state index contributed by atoms with van der Waals surface area (Å²) in [6, 6.07) is 14.0. The van der Waals surface area contributed by atoms with E-state index in [2.05, 4.69) is 37.6 Å². The van der Waals surface area contributed by atoms with Crippen LogP contribution in [0, 0.1) is 6.92 Å². The number of aromatic nitrogens is 1. The Morgan fingerprint density at radius 1 is 1.23 bits per heavy atom. The molecule has 1 aromatic carbocycles. The number of aryl methyl sites for hydroxylation is 1. The molecule has 2 heterocycles. The number of ether oxygens (including phenoxy) is 1. The van der Waals surface area contributed by atoms with Crippen LogP contribution >= 0.6 is 24.0 Å². The van der Waals surface area contributed by atoms with Crippen LogP contribution in [0.4, 0.5) is 5.82 Å². The largest absolute Gasteiger partial charge is 0.497 e. The van der Waals surface area contributed by atoms with Crippen molar-refractivity contribution in [2.75, 3.05) is 38.2 Å². The minimum Gasteiger partial charge on any atom is -0.497 e. The van der Waals surface area contributed by atoms with Gasteiger partial charge in [0.25, 0.3) is 0 Å². The molecule has 0 bridgehead atoms. The van der Waals surface area contributed by atoms with Crippen molar-refractivity contribution < 1.29 is 9.84 Å². The first kappa shape index (κ1) is 25.2. The molecule has 1 saturated heterocycles. The van der Waals surface area contributed by atoms with Gasteiger partial charge in [0.05, 0.1) is 19.8 Å². The highest BCUT2D eigenvalue weighted by Gasteiger charge is 2.21. The number of nitrogens with zero attached hydrogens (tertiary/aromatic N) is 3. The van der Waals surface area contributed by atoms with Crippen LogP contribution in [0.2, 0.25) is 0 Å². The van der Waals surface area contributed by atoms with Crippen molar-refractivity contribution in [1.82, 2.24) is 15.6 Å². The lowest BCUT2D eigenvalue weighted by Crippen LogP contribution is -2.49. The Hall–Kier alpha value is -2.07. The average Bonchev–Trinajstić information content (AvgIpc) is 2.78. The first-order chi connectivity index (χ1) is 14.6. The van der Waals surface area contributed by atoms with Crippen molar-refractivity contribution in [1.29, 1.82) is 0 Å². The van der Waals surface area contributed by atoms with Gasteiger partial charge in [-0.3, -0.25) is 4.99 Å². The highest BCUT2D eigenvalue weighted by Crippen LogP contribution is 2.19. The van der Waals surface area contributed by atoms with Crippen LogP contribution in [0.15, 0.2) is 47.5 Å². The summed E-state index contributed by atoms with van der Waals surface area (Å²) in [4.78, 5) is 11.6. The smallest absolute Gasteiger partial charge is 0.191 e. The van der Waals surface area contributed by atoms with E-state index in [1.54, 1.807) is 7.11 Å². The van der Waals surface area contributed by atoms with E-state index in [0.717, 1.165) is 61.3 Å². The zero-order chi connectivity index (χ0) is 21.3. The second-order valence-corrected chi connectivity index (χ2v) is 7.55. The van der Waals surface area contributed by atoms with Crippen molar-refractivity contribution in [2.45, 2.75) is 38.8 Å². The van der Waals surface area contributed by atoms with Crippen LogP contribution in [-0.4, -0.2) is 55.4 Å². The van der Waals surface area contributed by atoms with Gasteiger partial charge in [0.2, 0.25) is 0 Å². The van der Waals surface area contributed by atoms with E-state index in [-0.39, 0.29) is 24.0 Å². The molecule has 0 saturated carbocycles. The van der Waals surface area contributed by atoms with E-state index in [9.17, 15) is 5.11 Å². The number of aliphatic hydroxyl groups excluding tert-OH is 1. The number of benzene rings is 1. The molecule has 0 radical (unpaired) electrons. The predicted octanol–water partition coefficient (Wildman–Crippen LogP) is 3.27. The van der Waals surface area contributed by atoms with Crippen molar-refractivity contribution >= 4 is 35.8 Å². The van der Waals surface area contributed by atoms with E-state index >= 15 is 0 Å². The quantitative estimate of drug-likeness (QED) is 0.285. The number of hydrogen-bond acceptors (Lipinski definition) is 5. The molecule has 2 aromatic rings. The molecule has 1 aromatic heterocycles. The first-order valence-corrected chi connectivity index (χ1v) is 10.6. The summed E-state index contributed by atoms with van der Waals surface area (Å²) in [5.41, 5.74) is 1.87. The maximum atomic E-state index is 10.5. The lowest BCUT2D eigenvalue weighted by atomic mass is 10.1. The molecule has 0 amide bonds. The van der Waals surface area contributed by atoms with Gasteiger partial charge in [0.15, 0.2) is 5.96 Å². The standard InChI is InChI=1S/C23H33N5O2.HI/c1-4-24-23(25-16-21(29)18-8-10-20(30-3)11-9-18)27-19-12-14-28(15-13-19)22-7-5-6-17(2)26-22;/h5-11,19,21,29H,4,12-16H2,1-3H3,(H2,24,25,27);1H. The number of aliphatic hydroxyl groups is 1. The van der Waals surface area contributed by atoms with E-state index in [1.807, 2.05) is 44.2 Å². The molecule has 1 atom stereocenters. The molecule has 1 aliphatic heterocycles. The molecule has 1 fully saturated rings. The van der Waals surface area contributed by atoms with Crippen molar-refractivity contribution in [2.24, 2.45) is 4.99 Å². The summed E-state index contributed by atoms with van der Waals surface area (Å²) in [5, 5.41) is 17.3. The zero-order valence-electron chi connectivity index (χ0n) is 18.5. The number of aliphatic imine (C=N–C) groups is 1.